The topological polar surface area (TPSA) is 75.1 Å². The third-order valence-electron chi connectivity index (χ3n) is 2.60. The van der Waals surface area contributed by atoms with Crippen molar-refractivity contribution in [2.45, 2.75) is 43.0 Å². The van der Waals surface area contributed by atoms with Crippen LogP contribution in [0.5, 0.6) is 0 Å². The number of aliphatic carboxylic acids is 1. The first-order valence-corrected chi connectivity index (χ1v) is 6.77. The smallest absolute Gasteiger partial charge is 0.323 e. The zero-order valence-electron chi connectivity index (χ0n) is 10.9. The summed E-state index contributed by atoms with van der Waals surface area (Å²) in [6.45, 7) is 6.25. The molecule has 0 fully saturated rings. The van der Waals surface area contributed by atoms with E-state index in [0.29, 0.717) is 13.0 Å². The fourth-order valence-corrected chi connectivity index (χ4v) is 2.87. The molecule has 1 aromatic rings. The monoisotopic (exact) mass is 269 g/mol. The number of aromatic nitrogens is 2. The van der Waals surface area contributed by atoms with Crippen LogP contribution in [0.15, 0.2) is 23.6 Å². The molecule has 0 aliphatic heterocycles. The largest absolute Gasteiger partial charge is 0.480 e. The molecule has 1 rings (SSSR count). The molecule has 0 spiro atoms. The highest BCUT2D eigenvalue weighted by molar-refractivity contribution is 7.99. The number of hydrogen-bond acceptors (Lipinski definition) is 5. The molecule has 1 heterocycles. The number of hydrogen-bond donors (Lipinski definition) is 2. The molecule has 0 aromatic carbocycles. The van der Waals surface area contributed by atoms with Crippen LogP contribution in [0.3, 0.4) is 0 Å². The minimum atomic E-state index is -0.899. The third-order valence-corrected chi connectivity index (χ3v) is 3.62. The lowest BCUT2D eigenvalue weighted by atomic mass is 9.96. The molecule has 0 saturated carbocycles. The molecule has 0 bridgehead atoms. The average molecular weight is 269 g/mol. The fraction of sp³-hybridized carbons (Fsp3) is 0.583. The Hall–Kier alpha value is -1.14. The quantitative estimate of drug-likeness (QED) is 0.735. The van der Waals surface area contributed by atoms with Crippen molar-refractivity contribution in [1.29, 1.82) is 0 Å². The van der Waals surface area contributed by atoms with Gasteiger partial charge in [-0.3, -0.25) is 9.78 Å². The Bertz CT molecular complexity index is 388. The fourth-order valence-electron chi connectivity index (χ4n) is 1.79. The Balaban J connectivity index is 2.62. The Morgan fingerprint density at radius 2 is 2.33 bits per heavy atom. The second kappa shape index (κ2) is 6.70. The summed E-state index contributed by atoms with van der Waals surface area (Å²) in [6.07, 6.45) is 5.47. The van der Waals surface area contributed by atoms with Crippen LogP contribution in [0.1, 0.15) is 27.2 Å². The van der Waals surface area contributed by atoms with Gasteiger partial charge in [0.25, 0.3) is 0 Å². The molecule has 2 N–H and O–H groups in total. The summed E-state index contributed by atoms with van der Waals surface area (Å²) < 4.78 is 0. The van der Waals surface area contributed by atoms with Gasteiger partial charge < -0.3 is 10.4 Å². The molecule has 0 aliphatic carbocycles. The summed E-state index contributed by atoms with van der Waals surface area (Å²) in [5, 5.41) is 13.3. The van der Waals surface area contributed by atoms with E-state index in [9.17, 15) is 9.90 Å². The second-order valence-electron chi connectivity index (χ2n) is 4.34. The molecule has 6 heteroatoms. The lowest BCUT2D eigenvalue weighted by Gasteiger charge is -2.28. The Kier molecular flexibility index (Phi) is 5.55. The van der Waals surface area contributed by atoms with Crippen LogP contribution < -0.4 is 5.32 Å². The van der Waals surface area contributed by atoms with Crippen LogP contribution in [0.2, 0.25) is 0 Å². The van der Waals surface area contributed by atoms with E-state index in [0.717, 1.165) is 5.03 Å². The van der Waals surface area contributed by atoms with Crippen molar-refractivity contribution >= 4 is 17.7 Å². The average Bonchev–Trinajstić information content (AvgIpc) is 2.30. The van der Waals surface area contributed by atoms with E-state index in [2.05, 4.69) is 15.3 Å². The molecule has 1 aromatic heterocycles. The van der Waals surface area contributed by atoms with Crippen molar-refractivity contribution < 1.29 is 9.90 Å². The first-order chi connectivity index (χ1) is 8.48. The van der Waals surface area contributed by atoms with E-state index < -0.39 is 11.5 Å². The van der Waals surface area contributed by atoms with Gasteiger partial charge in [0.05, 0.1) is 6.20 Å². The molecule has 0 amide bonds. The van der Waals surface area contributed by atoms with Gasteiger partial charge in [-0.15, -0.1) is 11.8 Å². The summed E-state index contributed by atoms with van der Waals surface area (Å²) in [4.78, 5) is 19.5. The molecule has 5 nitrogen and oxygen atoms in total. The first-order valence-electron chi connectivity index (χ1n) is 5.89. The van der Waals surface area contributed by atoms with Crippen LogP contribution in [0, 0.1) is 0 Å². The highest BCUT2D eigenvalue weighted by Crippen LogP contribution is 2.26. The number of carbonyl (C=O) groups is 1. The van der Waals surface area contributed by atoms with Gasteiger partial charge in [0.2, 0.25) is 0 Å². The van der Waals surface area contributed by atoms with Gasteiger partial charge in [0.15, 0.2) is 0 Å². The molecule has 18 heavy (non-hydrogen) atoms. The maximum atomic E-state index is 11.3. The zero-order chi connectivity index (χ0) is 13.6. The summed E-state index contributed by atoms with van der Waals surface area (Å²) in [5.74, 6) is -0.823. The van der Waals surface area contributed by atoms with E-state index in [4.69, 9.17) is 0 Å². The summed E-state index contributed by atoms with van der Waals surface area (Å²) >= 11 is 1.54. The van der Waals surface area contributed by atoms with Crippen molar-refractivity contribution in [2.24, 2.45) is 0 Å². The molecule has 0 saturated heterocycles. The predicted octanol–water partition coefficient (Wildman–Crippen LogP) is 1.80. The second-order valence-corrected chi connectivity index (χ2v) is 5.80. The van der Waals surface area contributed by atoms with E-state index in [1.54, 1.807) is 25.5 Å². The Morgan fingerprint density at radius 3 is 2.83 bits per heavy atom. The lowest BCUT2D eigenvalue weighted by Crippen LogP contribution is -2.50. The predicted molar refractivity (Wildman–Crippen MR) is 71.7 cm³/mol. The standard InChI is InChI=1S/C12H19N3O2S/c1-4-15-12(3,11(16)17)7-9(2)18-10-8-13-5-6-14-10/h5-6,8-9,15H,4,7H2,1-3H3,(H,16,17). The zero-order valence-corrected chi connectivity index (χ0v) is 11.7. The van der Waals surface area contributed by atoms with Crippen LogP contribution in [-0.4, -0.2) is 38.4 Å². The number of thioether (sulfide) groups is 1. The molecule has 2 unspecified atom stereocenters. The minimum Gasteiger partial charge on any atom is -0.480 e. The van der Waals surface area contributed by atoms with Crippen molar-refractivity contribution in [3.63, 3.8) is 0 Å². The van der Waals surface area contributed by atoms with E-state index in [1.165, 1.54) is 11.8 Å². The van der Waals surface area contributed by atoms with Gasteiger partial charge in [0, 0.05) is 17.6 Å². The highest BCUT2D eigenvalue weighted by Gasteiger charge is 2.33. The summed E-state index contributed by atoms with van der Waals surface area (Å²) in [5.41, 5.74) is -0.899. The Morgan fingerprint density at radius 1 is 1.61 bits per heavy atom. The van der Waals surface area contributed by atoms with E-state index in [-0.39, 0.29) is 5.25 Å². The Labute approximate surface area is 111 Å². The van der Waals surface area contributed by atoms with Crippen LogP contribution >= 0.6 is 11.8 Å². The van der Waals surface area contributed by atoms with Crippen LogP contribution in [0.25, 0.3) is 0 Å². The van der Waals surface area contributed by atoms with Gasteiger partial charge in [-0.2, -0.15) is 0 Å². The number of likely N-dealkylation sites (N-methyl/N-ethyl adjacent to an activating group) is 1. The number of carboxylic acids is 1. The summed E-state index contributed by atoms with van der Waals surface area (Å²) in [7, 11) is 0. The summed E-state index contributed by atoms with van der Waals surface area (Å²) in [6, 6.07) is 0. The molecule has 100 valence electrons. The van der Waals surface area contributed by atoms with Gasteiger partial charge in [-0.25, -0.2) is 4.98 Å². The van der Waals surface area contributed by atoms with Crippen molar-refractivity contribution in [1.82, 2.24) is 15.3 Å². The van der Waals surface area contributed by atoms with Crippen molar-refractivity contribution in [3.05, 3.63) is 18.6 Å². The molecule has 2 atom stereocenters. The van der Waals surface area contributed by atoms with Crippen molar-refractivity contribution in [3.8, 4) is 0 Å². The maximum absolute atomic E-state index is 11.3. The van der Waals surface area contributed by atoms with Crippen molar-refractivity contribution in [2.75, 3.05) is 6.54 Å². The number of rotatable bonds is 7. The molecular weight excluding hydrogens is 250 g/mol. The van der Waals surface area contributed by atoms with Gasteiger partial charge in [-0.1, -0.05) is 13.8 Å². The van der Waals surface area contributed by atoms with Crippen LogP contribution in [-0.2, 0) is 4.79 Å². The number of nitrogens with one attached hydrogen (secondary N) is 1. The lowest BCUT2D eigenvalue weighted by molar-refractivity contribution is -0.144. The van der Waals surface area contributed by atoms with E-state index >= 15 is 0 Å². The molecule has 0 aliphatic rings. The molecular formula is C12H19N3O2S. The van der Waals surface area contributed by atoms with Gasteiger partial charge in [-0.05, 0) is 19.9 Å². The number of nitrogens with zero attached hydrogens (tertiary/aromatic N) is 2. The number of carboxylic acid groups (broad SMARTS) is 1. The van der Waals surface area contributed by atoms with Crippen LogP contribution in [0.4, 0.5) is 0 Å². The van der Waals surface area contributed by atoms with Gasteiger partial charge >= 0.3 is 5.97 Å². The normalized spacial score (nSPS) is 15.9. The highest BCUT2D eigenvalue weighted by atomic mass is 32.2. The first kappa shape index (κ1) is 14.9. The maximum Gasteiger partial charge on any atom is 0.323 e. The third kappa shape index (κ3) is 4.27. The minimum absolute atomic E-state index is 0.141. The van der Waals surface area contributed by atoms with Gasteiger partial charge in [0.1, 0.15) is 10.6 Å². The molecule has 0 radical (unpaired) electrons. The van der Waals surface area contributed by atoms with E-state index in [1.807, 2.05) is 13.8 Å². The SMILES string of the molecule is CCNC(C)(CC(C)Sc1cnccn1)C(=O)O.